The largest absolute Gasteiger partial charge is 0.396 e. The van der Waals surface area contributed by atoms with E-state index in [-0.39, 0.29) is 18.1 Å². The molecule has 0 fully saturated rings. The maximum atomic E-state index is 8.95. The zero-order valence-corrected chi connectivity index (χ0v) is 10.7. The molecule has 4 nitrogen and oxygen atoms in total. The number of aryl methyl sites for hydroxylation is 1. The van der Waals surface area contributed by atoms with Crippen molar-refractivity contribution < 1.29 is 5.11 Å². The van der Waals surface area contributed by atoms with Crippen molar-refractivity contribution in [2.24, 2.45) is 12.5 Å². The Morgan fingerprint density at radius 1 is 1.56 bits per heavy atom. The standard InChI is InChI=1S/C12H23N3O/c1-10(11-13-6-7-15(11)4)14-9-12(2,3)5-8-16/h6-7,10,14,16H,5,8-9H2,1-4H3. The first kappa shape index (κ1) is 13.2. The Kier molecular flexibility index (Phi) is 4.50. The molecule has 0 amide bonds. The monoisotopic (exact) mass is 225 g/mol. The highest BCUT2D eigenvalue weighted by molar-refractivity contribution is 4.97. The lowest BCUT2D eigenvalue weighted by Crippen LogP contribution is -2.33. The SMILES string of the molecule is CC(NCC(C)(C)CCO)c1nccn1C. The van der Waals surface area contributed by atoms with Gasteiger partial charge in [-0.25, -0.2) is 4.98 Å². The fourth-order valence-corrected chi connectivity index (χ4v) is 1.71. The number of nitrogens with one attached hydrogen (secondary N) is 1. The van der Waals surface area contributed by atoms with Crippen LogP contribution in [-0.2, 0) is 7.05 Å². The highest BCUT2D eigenvalue weighted by Gasteiger charge is 2.19. The lowest BCUT2D eigenvalue weighted by molar-refractivity contribution is 0.203. The number of hydrogen-bond donors (Lipinski definition) is 2. The Morgan fingerprint density at radius 2 is 2.25 bits per heavy atom. The molecular formula is C12H23N3O. The smallest absolute Gasteiger partial charge is 0.125 e. The minimum Gasteiger partial charge on any atom is -0.396 e. The van der Waals surface area contributed by atoms with Crippen LogP contribution >= 0.6 is 0 Å². The van der Waals surface area contributed by atoms with E-state index < -0.39 is 0 Å². The summed E-state index contributed by atoms with van der Waals surface area (Å²) in [5, 5.41) is 12.4. The minimum atomic E-state index is 0.119. The average Bonchev–Trinajstić information content (AvgIpc) is 2.61. The molecule has 1 aromatic heterocycles. The fraction of sp³-hybridized carbons (Fsp3) is 0.750. The number of aliphatic hydroxyl groups excluding tert-OH is 1. The van der Waals surface area contributed by atoms with Crippen LogP contribution in [0.2, 0.25) is 0 Å². The quantitative estimate of drug-likeness (QED) is 0.771. The summed E-state index contributed by atoms with van der Waals surface area (Å²) >= 11 is 0. The van der Waals surface area contributed by atoms with Gasteiger partial charge in [0.15, 0.2) is 0 Å². The lowest BCUT2D eigenvalue weighted by Gasteiger charge is -2.26. The highest BCUT2D eigenvalue weighted by atomic mass is 16.3. The number of aliphatic hydroxyl groups is 1. The Balaban J connectivity index is 2.47. The van der Waals surface area contributed by atoms with Crippen molar-refractivity contribution in [1.29, 1.82) is 0 Å². The Bertz CT molecular complexity index is 320. The van der Waals surface area contributed by atoms with Gasteiger partial charge in [-0.15, -0.1) is 0 Å². The molecule has 2 N–H and O–H groups in total. The molecule has 0 saturated heterocycles. The molecule has 92 valence electrons. The van der Waals surface area contributed by atoms with Crippen LogP contribution in [0.15, 0.2) is 12.4 Å². The molecule has 0 saturated carbocycles. The predicted molar refractivity (Wildman–Crippen MR) is 65.1 cm³/mol. The van der Waals surface area contributed by atoms with Crippen LogP contribution in [0.5, 0.6) is 0 Å². The summed E-state index contributed by atoms with van der Waals surface area (Å²) in [6, 6.07) is 0.234. The number of hydrogen-bond acceptors (Lipinski definition) is 3. The molecule has 1 heterocycles. The van der Waals surface area contributed by atoms with Gasteiger partial charge in [0.1, 0.15) is 5.82 Å². The second-order valence-electron chi connectivity index (χ2n) is 5.14. The third-order valence-corrected chi connectivity index (χ3v) is 2.92. The maximum absolute atomic E-state index is 8.95. The molecule has 0 radical (unpaired) electrons. The summed E-state index contributed by atoms with van der Waals surface area (Å²) in [5.74, 6) is 1.04. The molecule has 0 aliphatic heterocycles. The van der Waals surface area contributed by atoms with E-state index in [1.807, 2.05) is 24.0 Å². The molecule has 0 aliphatic rings. The molecule has 1 atom stereocenters. The van der Waals surface area contributed by atoms with E-state index in [2.05, 4.69) is 31.1 Å². The van der Waals surface area contributed by atoms with Crippen molar-refractivity contribution >= 4 is 0 Å². The van der Waals surface area contributed by atoms with Crippen LogP contribution in [0, 0.1) is 5.41 Å². The van der Waals surface area contributed by atoms with E-state index in [9.17, 15) is 0 Å². The van der Waals surface area contributed by atoms with Crippen molar-refractivity contribution in [3.8, 4) is 0 Å². The van der Waals surface area contributed by atoms with E-state index in [0.29, 0.717) is 0 Å². The van der Waals surface area contributed by atoms with Crippen LogP contribution in [0.1, 0.15) is 39.1 Å². The fourth-order valence-electron chi connectivity index (χ4n) is 1.71. The molecular weight excluding hydrogens is 202 g/mol. The van der Waals surface area contributed by atoms with E-state index in [1.54, 1.807) is 0 Å². The number of nitrogens with zero attached hydrogens (tertiary/aromatic N) is 2. The van der Waals surface area contributed by atoms with Crippen LogP contribution in [0.25, 0.3) is 0 Å². The molecule has 1 aromatic rings. The van der Waals surface area contributed by atoms with Gasteiger partial charge in [-0.05, 0) is 18.8 Å². The summed E-state index contributed by atoms with van der Waals surface area (Å²) < 4.78 is 2.02. The molecule has 1 unspecified atom stereocenters. The Morgan fingerprint density at radius 3 is 2.75 bits per heavy atom. The maximum Gasteiger partial charge on any atom is 0.125 e. The van der Waals surface area contributed by atoms with Gasteiger partial charge in [-0.3, -0.25) is 0 Å². The lowest BCUT2D eigenvalue weighted by atomic mass is 9.89. The van der Waals surface area contributed by atoms with Gasteiger partial charge in [0, 0.05) is 32.6 Å². The Hall–Kier alpha value is -0.870. The van der Waals surface area contributed by atoms with Gasteiger partial charge in [0.05, 0.1) is 6.04 Å². The van der Waals surface area contributed by atoms with Gasteiger partial charge < -0.3 is 15.0 Å². The molecule has 0 aromatic carbocycles. The summed E-state index contributed by atoms with van der Waals surface area (Å²) in [5.41, 5.74) is 0.119. The number of aromatic nitrogens is 2. The van der Waals surface area contributed by atoms with Gasteiger partial charge in [0.25, 0.3) is 0 Å². The van der Waals surface area contributed by atoms with Crippen LogP contribution in [0.4, 0.5) is 0 Å². The first-order valence-electron chi connectivity index (χ1n) is 5.78. The van der Waals surface area contributed by atoms with Gasteiger partial charge in [-0.2, -0.15) is 0 Å². The van der Waals surface area contributed by atoms with Crippen molar-refractivity contribution in [1.82, 2.24) is 14.9 Å². The molecule has 0 bridgehead atoms. The molecule has 0 aliphatic carbocycles. The normalized spacial score (nSPS) is 14.1. The van der Waals surface area contributed by atoms with E-state index in [4.69, 9.17) is 5.11 Å². The molecule has 4 heteroatoms. The van der Waals surface area contributed by atoms with Crippen molar-refractivity contribution in [2.45, 2.75) is 33.2 Å². The molecule has 0 spiro atoms. The van der Waals surface area contributed by atoms with Gasteiger partial charge in [-0.1, -0.05) is 13.8 Å². The summed E-state index contributed by atoms with van der Waals surface area (Å²) in [7, 11) is 2.00. The van der Waals surface area contributed by atoms with E-state index >= 15 is 0 Å². The molecule has 1 rings (SSSR count). The minimum absolute atomic E-state index is 0.119. The predicted octanol–water partition coefficient (Wildman–Crippen LogP) is 1.48. The van der Waals surface area contributed by atoms with E-state index in [0.717, 1.165) is 18.8 Å². The summed E-state index contributed by atoms with van der Waals surface area (Å²) in [6.45, 7) is 7.53. The number of rotatable bonds is 6. The van der Waals surface area contributed by atoms with Crippen molar-refractivity contribution in [3.63, 3.8) is 0 Å². The topological polar surface area (TPSA) is 50.1 Å². The zero-order chi connectivity index (χ0) is 12.2. The second-order valence-corrected chi connectivity index (χ2v) is 5.14. The Labute approximate surface area is 97.7 Å². The highest BCUT2D eigenvalue weighted by Crippen LogP contribution is 2.20. The van der Waals surface area contributed by atoms with Crippen molar-refractivity contribution in [2.75, 3.05) is 13.2 Å². The van der Waals surface area contributed by atoms with Crippen LogP contribution < -0.4 is 5.32 Å². The van der Waals surface area contributed by atoms with Gasteiger partial charge >= 0.3 is 0 Å². The third kappa shape index (κ3) is 3.61. The van der Waals surface area contributed by atoms with Crippen LogP contribution in [0.3, 0.4) is 0 Å². The summed E-state index contributed by atoms with van der Waals surface area (Å²) in [4.78, 5) is 4.31. The number of imidazole rings is 1. The van der Waals surface area contributed by atoms with Gasteiger partial charge in [0.2, 0.25) is 0 Å². The second kappa shape index (κ2) is 5.46. The first-order chi connectivity index (χ1) is 7.46. The van der Waals surface area contributed by atoms with Crippen molar-refractivity contribution in [3.05, 3.63) is 18.2 Å². The summed E-state index contributed by atoms with van der Waals surface area (Å²) in [6.07, 6.45) is 4.58. The van der Waals surface area contributed by atoms with E-state index in [1.165, 1.54) is 0 Å². The first-order valence-corrected chi connectivity index (χ1v) is 5.78. The third-order valence-electron chi connectivity index (χ3n) is 2.92. The molecule has 16 heavy (non-hydrogen) atoms. The van der Waals surface area contributed by atoms with Crippen LogP contribution in [-0.4, -0.2) is 27.8 Å². The average molecular weight is 225 g/mol. The zero-order valence-electron chi connectivity index (χ0n) is 10.7.